The standard InChI is InChI=1S/C30H50O3.C2H6/c1-20(2)9-7-8-10-22-12-14-26-25-13-11-23-19-24(33-28(31)32-21(3)4)15-17-30(23,6)27(25)16-18-29(22,26)5;1-2/h11,20-22,24-27H,7-10,12-19H2,1-6H3;1-2H3. The Morgan fingerprint density at radius 2 is 1.74 bits per heavy atom. The number of unbranched alkanes of at least 4 members (excludes halogenated alkanes) is 1. The minimum atomic E-state index is -0.494. The number of fused-ring (bicyclic) bond motifs is 5. The zero-order chi connectivity index (χ0) is 25.8. The molecule has 3 fully saturated rings. The molecule has 0 heterocycles. The Bertz CT molecular complexity index is 724. The van der Waals surface area contributed by atoms with E-state index in [-0.39, 0.29) is 12.2 Å². The van der Waals surface area contributed by atoms with Crippen LogP contribution in [0.1, 0.15) is 132 Å². The van der Waals surface area contributed by atoms with Crippen LogP contribution in [-0.2, 0) is 9.47 Å². The fourth-order valence-electron chi connectivity index (χ4n) is 8.61. The third kappa shape index (κ3) is 6.12. The molecule has 3 heteroatoms. The zero-order valence-corrected chi connectivity index (χ0v) is 24.3. The fourth-order valence-corrected chi connectivity index (χ4v) is 8.61. The number of allylic oxidation sites excluding steroid dienone is 1. The van der Waals surface area contributed by atoms with E-state index in [1.165, 1.54) is 57.8 Å². The van der Waals surface area contributed by atoms with Gasteiger partial charge < -0.3 is 9.47 Å². The van der Waals surface area contributed by atoms with Crippen LogP contribution in [0.25, 0.3) is 0 Å². The Balaban J connectivity index is 0.00000167. The van der Waals surface area contributed by atoms with E-state index in [1.807, 2.05) is 27.7 Å². The molecular formula is C32H56O3. The van der Waals surface area contributed by atoms with Crippen LogP contribution < -0.4 is 0 Å². The molecule has 3 saturated carbocycles. The molecule has 0 aliphatic heterocycles. The summed E-state index contributed by atoms with van der Waals surface area (Å²) in [6.45, 7) is 17.7. The van der Waals surface area contributed by atoms with Crippen molar-refractivity contribution in [1.29, 1.82) is 0 Å². The van der Waals surface area contributed by atoms with E-state index < -0.39 is 6.16 Å². The quantitative estimate of drug-likeness (QED) is 0.203. The monoisotopic (exact) mass is 488 g/mol. The highest BCUT2D eigenvalue weighted by Gasteiger charge is 2.58. The SMILES string of the molecule is CC.CC(C)CCCCC1CCC2C3CC=C4CC(OC(=O)OC(C)C)CCC4(C)C3CCC12C. The lowest BCUT2D eigenvalue weighted by atomic mass is 9.47. The molecule has 0 radical (unpaired) electrons. The molecule has 4 aliphatic rings. The highest BCUT2D eigenvalue weighted by Crippen LogP contribution is 2.66. The van der Waals surface area contributed by atoms with Gasteiger partial charge in [-0.15, -0.1) is 0 Å². The first-order chi connectivity index (χ1) is 16.6. The van der Waals surface area contributed by atoms with Gasteiger partial charge in [0.1, 0.15) is 6.10 Å². The lowest BCUT2D eigenvalue weighted by molar-refractivity contribution is -0.0579. The summed E-state index contributed by atoms with van der Waals surface area (Å²) in [5, 5.41) is 0. The Morgan fingerprint density at radius 1 is 1.00 bits per heavy atom. The second-order valence-corrected chi connectivity index (χ2v) is 13.2. The zero-order valence-electron chi connectivity index (χ0n) is 24.3. The number of hydrogen-bond donors (Lipinski definition) is 0. The van der Waals surface area contributed by atoms with E-state index in [1.54, 1.807) is 5.57 Å². The fraction of sp³-hybridized carbons (Fsp3) is 0.906. The first-order valence-electron chi connectivity index (χ1n) is 15.2. The van der Waals surface area contributed by atoms with Gasteiger partial charge in [-0.25, -0.2) is 4.79 Å². The highest BCUT2D eigenvalue weighted by molar-refractivity contribution is 5.60. The van der Waals surface area contributed by atoms with Gasteiger partial charge in [0, 0.05) is 6.42 Å². The largest absolute Gasteiger partial charge is 0.508 e. The molecule has 7 unspecified atom stereocenters. The Morgan fingerprint density at radius 3 is 2.43 bits per heavy atom. The van der Waals surface area contributed by atoms with E-state index in [2.05, 4.69) is 33.8 Å². The molecular weight excluding hydrogens is 432 g/mol. The summed E-state index contributed by atoms with van der Waals surface area (Å²) in [4.78, 5) is 12.0. The third-order valence-corrected chi connectivity index (χ3v) is 10.4. The third-order valence-electron chi connectivity index (χ3n) is 10.4. The number of carbonyl (C=O) groups is 1. The van der Waals surface area contributed by atoms with E-state index in [0.717, 1.165) is 48.9 Å². The topological polar surface area (TPSA) is 35.5 Å². The van der Waals surface area contributed by atoms with Gasteiger partial charge >= 0.3 is 6.16 Å². The van der Waals surface area contributed by atoms with Crippen molar-refractivity contribution < 1.29 is 14.3 Å². The molecule has 7 atom stereocenters. The van der Waals surface area contributed by atoms with E-state index in [0.29, 0.717) is 10.8 Å². The first-order valence-corrected chi connectivity index (χ1v) is 15.2. The maximum Gasteiger partial charge on any atom is 0.508 e. The minimum Gasteiger partial charge on any atom is -0.432 e. The van der Waals surface area contributed by atoms with E-state index in [9.17, 15) is 4.79 Å². The van der Waals surface area contributed by atoms with Crippen molar-refractivity contribution in [2.45, 2.75) is 145 Å². The van der Waals surface area contributed by atoms with Gasteiger partial charge in [0.05, 0.1) is 6.10 Å². The number of carbonyl (C=O) groups excluding carboxylic acids is 1. The van der Waals surface area contributed by atoms with Gasteiger partial charge in [0.25, 0.3) is 0 Å². The lowest BCUT2D eigenvalue weighted by Gasteiger charge is -2.58. The molecule has 0 spiro atoms. The van der Waals surface area contributed by atoms with Crippen molar-refractivity contribution in [3.63, 3.8) is 0 Å². The summed E-state index contributed by atoms with van der Waals surface area (Å²) < 4.78 is 10.9. The molecule has 0 bridgehead atoms. The second kappa shape index (κ2) is 12.0. The van der Waals surface area contributed by atoms with E-state index >= 15 is 0 Å². The van der Waals surface area contributed by atoms with Gasteiger partial charge in [-0.3, -0.25) is 0 Å². The normalized spacial score (nSPS) is 38.0. The highest BCUT2D eigenvalue weighted by atomic mass is 16.7. The average molecular weight is 489 g/mol. The first kappa shape index (κ1) is 28.6. The smallest absolute Gasteiger partial charge is 0.432 e. The molecule has 0 aromatic carbocycles. The molecule has 0 aromatic heterocycles. The van der Waals surface area contributed by atoms with Crippen LogP contribution in [0.3, 0.4) is 0 Å². The molecule has 4 aliphatic carbocycles. The molecule has 35 heavy (non-hydrogen) atoms. The molecule has 0 saturated heterocycles. The number of hydrogen-bond acceptors (Lipinski definition) is 3. The van der Waals surface area contributed by atoms with Crippen LogP contribution in [0.5, 0.6) is 0 Å². The molecule has 4 rings (SSSR count). The van der Waals surface area contributed by atoms with Crippen molar-refractivity contribution >= 4 is 6.16 Å². The summed E-state index contributed by atoms with van der Waals surface area (Å²) in [7, 11) is 0. The van der Waals surface area contributed by atoms with Crippen molar-refractivity contribution in [2.75, 3.05) is 0 Å². The van der Waals surface area contributed by atoms with Crippen LogP contribution in [0.15, 0.2) is 11.6 Å². The molecule has 0 N–H and O–H groups in total. The Kier molecular flexibility index (Phi) is 9.83. The van der Waals surface area contributed by atoms with Crippen molar-refractivity contribution in [3.05, 3.63) is 11.6 Å². The van der Waals surface area contributed by atoms with Crippen molar-refractivity contribution in [1.82, 2.24) is 0 Å². The maximum absolute atomic E-state index is 12.0. The molecule has 0 amide bonds. The second-order valence-electron chi connectivity index (χ2n) is 13.2. The van der Waals surface area contributed by atoms with Crippen LogP contribution in [-0.4, -0.2) is 18.4 Å². The predicted molar refractivity (Wildman–Crippen MR) is 146 cm³/mol. The maximum atomic E-state index is 12.0. The lowest BCUT2D eigenvalue weighted by Crippen LogP contribution is -2.50. The van der Waals surface area contributed by atoms with Gasteiger partial charge in [-0.05, 0) is 106 Å². The van der Waals surface area contributed by atoms with Crippen LogP contribution >= 0.6 is 0 Å². The molecule has 202 valence electrons. The Hall–Kier alpha value is -0.990. The van der Waals surface area contributed by atoms with Gasteiger partial charge in [0.2, 0.25) is 0 Å². The minimum absolute atomic E-state index is 0.0114. The van der Waals surface area contributed by atoms with Gasteiger partial charge in [-0.2, -0.15) is 0 Å². The van der Waals surface area contributed by atoms with E-state index in [4.69, 9.17) is 9.47 Å². The summed E-state index contributed by atoms with van der Waals surface area (Å²) >= 11 is 0. The summed E-state index contributed by atoms with van der Waals surface area (Å²) in [5.74, 6) is 4.39. The number of ether oxygens (including phenoxy) is 2. The van der Waals surface area contributed by atoms with Crippen molar-refractivity contribution in [3.8, 4) is 0 Å². The van der Waals surface area contributed by atoms with Crippen LogP contribution in [0.4, 0.5) is 4.79 Å². The summed E-state index contributed by atoms with van der Waals surface area (Å²) in [6.07, 6.45) is 17.7. The molecule has 3 nitrogen and oxygen atoms in total. The Labute approximate surface area is 217 Å². The summed E-state index contributed by atoms with van der Waals surface area (Å²) in [6, 6.07) is 0. The summed E-state index contributed by atoms with van der Waals surface area (Å²) in [5.41, 5.74) is 2.45. The molecule has 0 aromatic rings. The van der Waals surface area contributed by atoms with Crippen molar-refractivity contribution in [2.24, 2.45) is 40.4 Å². The predicted octanol–water partition coefficient (Wildman–Crippen LogP) is 9.74. The average Bonchev–Trinajstić information content (AvgIpc) is 3.14. The number of rotatable bonds is 7. The van der Waals surface area contributed by atoms with Crippen LogP contribution in [0.2, 0.25) is 0 Å². The van der Waals surface area contributed by atoms with Gasteiger partial charge in [-0.1, -0.05) is 72.5 Å². The van der Waals surface area contributed by atoms with Gasteiger partial charge in [0.15, 0.2) is 0 Å². The van der Waals surface area contributed by atoms with Crippen LogP contribution in [0, 0.1) is 40.4 Å².